The van der Waals surface area contributed by atoms with E-state index >= 15 is 0 Å². The van der Waals surface area contributed by atoms with Crippen LogP contribution in [0, 0.1) is 0 Å². The smallest absolute Gasteiger partial charge is 0.348 e. The van der Waals surface area contributed by atoms with Crippen molar-refractivity contribution in [3.05, 3.63) is 45.6 Å². The number of aromatic nitrogens is 2. The fourth-order valence-corrected chi connectivity index (χ4v) is 2.74. The number of methoxy groups -OCH3 is 1. The van der Waals surface area contributed by atoms with E-state index in [9.17, 15) is 9.59 Å². The molecule has 3 rings (SSSR count). The number of imidazole rings is 1. The Hall–Kier alpha value is -2.21. The molecule has 3 aromatic rings. The molecule has 0 radical (unpaired) electrons. The number of fused-ring (bicyclic) bond motifs is 3. The van der Waals surface area contributed by atoms with Crippen LogP contribution in [0.15, 0.2) is 35.1 Å². The van der Waals surface area contributed by atoms with Crippen molar-refractivity contribution < 1.29 is 9.53 Å². The van der Waals surface area contributed by atoms with Crippen LogP contribution in [0.4, 0.5) is 0 Å². The average molecular weight is 260 g/mol. The summed E-state index contributed by atoms with van der Waals surface area (Å²) in [6.07, 6.45) is 0. The Kier molecular flexibility index (Phi) is 2.38. The standard InChI is InChI=1S/C12H8N2O3S/c1-17-11(16)9-6-10(15)14-8-5-3-2-4-7(8)13-12(14)18-9/h2-6H,1H3. The van der Waals surface area contributed by atoms with Crippen LogP contribution in [-0.4, -0.2) is 22.5 Å². The van der Waals surface area contributed by atoms with Gasteiger partial charge in [0.05, 0.1) is 18.1 Å². The van der Waals surface area contributed by atoms with Crippen molar-refractivity contribution in [1.82, 2.24) is 9.38 Å². The fraction of sp³-hybridized carbons (Fsp3) is 0.0833. The SMILES string of the molecule is COC(=O)c1cc(=O)n2c(nc3ccccc32)s1. The Morgan fingerprint density at radius 2 is 2.17 bits per heavy atom. The lowest BCUT2D eigenvalue weighted by Crippen LogP contribution is -2.13. The maximum atomic E-state index is 12.0. The van der Waals surface area contributed by atoms with Gasteiger partial charge >= 0.3 is 5.97 Å². The summed E-state index contributed by atoms with van der Waals surface area (Å²) in [4.78, 5) is 28.5. The molecule has 6 heteroatoms. The van der Waals surface area contributed by atoms with Crippen LogP contribution >= 0.6 is 11.3 Å². The van der Waals surface area contributed by atoms with Gasteiger partial charge in [-0.3, -0.25) is 9.20 Å². The first kappa shape index (κ1) is 10.9. The van der Waals surface area contributed by atoms with Gasteiger partial charge in [-0.2, -0.15) is 0 Å². The van der Waals surface area contributed by atoms with Gasteiger partial charge in [0.25, 0.3) is 5.56 Å². The molecular weight excluding hydrogens is 252 g/mol. The van der Waals surface area contributed by atoms with E-state index in [2.05, 4.69) is 9.72 Å². The maximum Gasteiger partial charge on any atom is 0.348 e. The number of ether oxygens (including phenoxy) is 1. The summed E-state index contributed by atoms with van der Waals surface area (Å²) in [5, 5.41) is 0. The van der Waals surface area contributed by atoms with Crippen LogP contribution in [0.1, 0.15) is 9.67 Å². The van der Waals surface area contributed by atoms with E-state index in [1.807, 2.05) is 24.3 Å². The zero-order chi connectivity index (χ0) is 12.7. The second kappa shape index (κ2) is 3.92. The van der Waals surface area contributed by atoms with Gasteiger partial charge in [-0.15, -0.1) is 0 Å². The van der Waals surface area contributed by atoms with E-state index in [1.54, 1.807) is 0 Å². The predicted molar refractivity (Wildman–Crippen MR) is 68.2 cm³/mol. The van der Waals surface area contributed by atoms with E-state index in [0.29, 0.717) is 4.96 Å². The molecule has 2 aromatic heterocycles. The number of carbonyl (C=O) groups is 1. The Morgan fingerprint density at radius 1 is 1.39 bits per heavy atom. The molecule has 0 bridgehead atoms. The molecule has 0 amide bonds. The molecule has 0 saturated heterocycles. The van der Waals surface area contributed by atoms with Crippen molar-refractivity contribution in [2.75, 3.05) is 7.11 Å². The van der Waals surface area contributed by atoms with E-state index in [1.165, 1.54) is 17.6 Å². The van der Waals surface area contributed by atoms with Gasteiger partial charge in [0.1, 0.15) is 4.88 Å². The first-order valence-electron chi connectivity index (χ1n) is 5.20. The Bertz CT molecular complexity index is 819. The Balaban J connectivity index is 2.42. The van der Waals surface area contributed by atoms with Gasteiger partial charge in [-0.05, 0) is 12.1 Å². The minimum atomic E-state index is -0.522. The fourth-order valence-electron chi connectivity index (χ4n) is 1.79. The zero-order valence-corrected chi connectivity index (χ0v) is 10.2. The van der Waals surface area contributed by atoms with Crippen molar-refractivity contribution in [2.45, 2.75) is 0 Å². The number of para-hydroxylation sites is 2. The monoisotopic (exact) mass is 260 g/mol. The highest BCUT2D eigenvalue weighted by atomic mass is 32.1. The highest BCUT2D eigenvalue weighted by Crippen LogP contribution is 2.19. The molecule has 0 unspecified atom stereocenters. The van der Waals surface area contributed by atoms with Gasteiger partial charge in [-0.1, -0.05) is 23.5 Å². The summed E-state index contributed by atoms with van der Waals surface area (Å²) in [5.41, 5.74) is 1.19. The third-order valence-electron chi connectivity index (χ3n) is 2.59. The number of benzene rings is 1. The van der Waals surface area contributed by atoms with Crippen LogP contribution in [0.3, 0.4) is 0 Å². The normalized spacial score (nSPS) is 10.9. The summed E-state index contributed by atoms with van der Waals surface area (Å²) in [6.45, 7) is 0. The number of hydrogen-bond donors (Lipinski definition) is 0. The lowest BCUT2D eigenvalue weighted by atomic mass is 10.3. The largest absolute Gasteiger partial charge is 0.465 e. The van der Waals surface area contributed by atoms with Gasteiger partial charge < -0.3 is 4.74 Å². The second-order valence-corrected chi connectivity index (χ2v) is 4.67. The highest BCUT2D eigenvalue weighted by Gasteiger charge is 2.13. The lowest BCUT2D eigenvalue weighted by Gasteiger charge is -1.98. The summed E-state index contributed by atoms with van der Waals surface area (Å²) < 4.78 is 6.10. The number of nitrogens with zero attached hydrogens (tertiary/aromatic N) is 2. The number of esters is 1. The molecule has 0 spiro atoms. The minimum Gasteiger partial charge on any atom is -0.465 e. The molecular formula is C12H8N2O3S. The topological polar surface area (TPSA) is 60.7 Å². The molecule has 5 nitrogen and oxygen atoms in total. The predicted octanol–water partition coefficient (Wildman–Crippen LogP) is 1.70. The van der Waals surface area contributed by atoms with Crippen LogP contribution in [0.2, 0.25) is 0 Å². The lowest BCUT2D eigenvalue weighted by molar-refractivity contribution is 0.0606. The number of hydrogen-bond acceptors (Lipinski definition) is 5. The minimum absolute atomic E-state index is 0.255. The van der Waals surface area contributed by atoms with E-state index < -0.39 is 5.97 Å². The third-order valence-corrected chi connectivity index (χ3v) is 3.55. The molecule has 2 heterocycles. The van der Waals surface area contributed by atoms with E-state index in [0.717, 1.165) is 22.4 Å². The molecule has 0 atom stereocenters. The van der Waals surface area contributed by atoms with Crippen molar-refractivity contribution in [3.63, 3.8) is 0 Å². The van der Waals surface area contributed by atoms with Gasteiger partial charge in [0.2, 0.25) is 0 Å². The van der Waals surface area contributed by atoms with Crippen LogP contribution in [0.25, 0.3) is 16.0 Å². The third kappa shape index (κ3) is 1.50. The summed E-state index contributed by atoms with van der Waals surface area (Å²) in [5.74, 6) is -0.522. The Labute approximate surface area is 105 Å². The number of carbonyl (C=O) groups excluding carboxylic acids is 1. The first-order valence-corrected chi connectivity index (χ1v) is 6.02. The molecule has 18 heavy (non-hydrogen) atoms. The molecule has 1 aromatic carbocycles. The molecule has 90 valence electrons. The van der Waals surface area contributed by atoms with Gasteiger partial charge in [0, 0.05) is 6.07 Å². The van der Waals surface area contributed by atoms with Crippen molar-refractivity contribution in [1.29, 1.82) is 0 Å². The second-order valence-electron chi connectivity index (χ2n) is 3.66. The molecule has 0 aliphatic rings. The average Bonchev–Trinajstić information content (AvgIpc) is 2.76. The summed E-state index contributed by atoms with van der Waals surface area (Å²) in [7, 11) is 1.28. The van der Waals surface area contributed by atoms with Crippen molar-refractivity contribution >= 4 is 33.3 Å². The van der Waals surface area contributed by atoms with Crippen LogP contribution < -0.4 is 5.56 Å². The van der Waals surface area contributed by atoms with Gasteiger partial charge in [-0.25, -0.2) is 9.78 Å². The molecule has 0 aliphatic heterocycles. The van der Waals surface area contributed by atoms with Crippen molar-refractivity contribution in [2.24, 2.45) is 0 Å². The van der Waals surface area contributed by atoms with Crippen LogP contribution in [0.5, 0.6) is 0 Å². The van der Waals surface area contributed by atoms with Crippen molar-refractivity contribution in [3.8, 4) is 0 Å². The zero-order valence-electron chi connectivity index (χ0n) is 9.41. The molecule has 0 saturated carbocycles. The van der Waals surface area contributed by atoms with E-state index in [4.69, 9.17) is 0 Å². The van der Waals surface area contributed by atoms with E-state index in [-0.39, 0.29) is 10.4 Å². The molecule has 0 fully saturated rings. The summed E-state index contributed by atoms with van der Waals surface area (Å²) in [6, 6.07) is 8.62. The first-order chi connectivity index (χ1) is 8.70. The maximum absolute atomic E-state index is 12.0. The van der Waals surface area contributed by atoms with Gasteiger partial charge in [0.15, 0.2) is 4.96 Å². The summed E-state index contributed by atoms with van der Waals surface area (Å²) >= 11 is 1.14. The van der Waals surface area contributed by atoms with Crippen LogP contribution in [-0.2, 0) is 4.74 Å². The Morgan fingerprint density at radius 3 is 2.94 bits per heavy atom. The molecule has 0 N–H and O–H groups in total. The molecule has 0 aliphatic carbocycles. The highest BCUT2D eigenvalue weighted by molar-refractivity contribution is 7.18. The number of rotatable bonds is 1. The quantitative estimate of drug-likeness (QED) is 0.625.